The molecule has 0 aliphatic rings. The summed E-state index contributed by atoms with van der Waals surface area (Å²) in [5.74, 6) is -0.823. The summed E-state index contributed by atoms with van der Waals surface area (Å²) >= 11 is 2.39. The second-order valence-corrected chi connectivity index (χ2v) is 4.82. The Morgan fingerprint density at radius 1 is 1.50 bits per heavy atom. The van der Waals surface area contributed by atoms with Crippen LogP contribution in [0.4, 0.5) is 0 Å². The van der Waals surface area contributed by atoms with Gasteiger partial charge in [-0.25, -0.2) is 0 Å². The van der Waals surface area contributed by atoms with E-state index in [2.05, 4.69) is 0 Å². The Morgan fingerprint density at radius 3 is 2.30 bits per heavy atom. The van der Waals surface area contributed by atoms with E-state index in [4.69, 9.17) is 5.11 Å². The van der Waals surface area contributed by atoms with Gasteiger partial charge in [-0.15, -0.1) is 0 Å². The van der Waals surface area contributed by atoms with Crippen molar-refractivity contribution in [3.63, 3.8) is 0 Å². The molecule has 0 saturated carbocycles. The molecule has 0 aliphatic heterocycles. The van der Waals surface area contributed by atoms with Crippen LogP contribution >= 0.6 is 0 Å². The van der Waals surface area contributed by atoms with Crippen molar-refractivity contribution in [2.45, 2.75) is 17.5 Å². The summed E-state index contributed by atoms with van der Waals surface area (Å²) in [6, 6.07) is 0. The molecule has 58 valence electrons. The molecule has 1 N–H and O–H groups in total. The third-order valence-corrected chi connectivity index (χ3v) is 5.02. The van der Waals surface area contributed by atoms with Gasteiger partial charge in [-0.1, -0.05) is 0 Å². The summed E-state index contributed by atoms with van der Waals surface area (Å²) in [6.45, 7) is 0. The van der Waals surface area contributed by atoms with Crippen LogP contribution in [0, 0.1) is 0 Å². The van der Waals surface area contributed by atoms with Gasteiger partial charge in [0.25, 0.3) is 0 Å². The number of hydrogen-bond donors (Lipinski definition) is 1. The summed E-state index contributed by atoms with van der Waals surface area (Å²) < 4.78 is 0.123. The van der Waals surface area contributed by atoms with Crippen molar-refractivity contribution in [2.75, 3.05) is 0 Å². The van der Waals surface area contributed by atoms with Crippen molar-refractivity contribution in [1.29, 1.82) is 0 Å². The van der Waals surface area contributed by atoms with Crippen molar-refractivity contribution < 1.29 is 14.7 Å². The molecule has 0 fully saturated rings. The molecule has 3 nitrogen and oxygen atoms in total. The first-order valence-electron chi connectivity index (χ1n) is 2.80. The number of carbonyl (C=O) groups excluding carboxylic acids is 1. The van der Waals surface area contributed by atoms with Gasteiger partial charge in [-0.05, 0) is 0 Å². The van der Waals surface area contributed by atoms with E-state index >= 15 is 0 Å². The molecule has 2 unspecified atom stereocenters. The Balaban J connectivity index is 3.49. The second kappa shape index (κ2) is 4.98. The predicted octanol–water partition coefficient (Wildman–Crippen LogP) is -1.57. The summed E-state index contributed by atoms with van der Waals surface area (Å²) in [4.78, 5) is 20.6. The van der Waals surface area contributed by atoms with Crippen LogP contribution in [-0.4, -0.2) is 49.4 Å². The molecule has 5 heteroatoms. The minimum atomic E-state index is -0.823. The SMILES string of the molecule is O=C(O)CC[C@H]([AsH2])C(=O)[AsH2]. The molecule has 0 aromatic heterocycles. The van der Waals surface area contributed by atoms with E-state index in [-0.39, 0.29) is 15.7 Å². The van der Waals surface area contributed by atoms with Crippen molar-refractivity contribution in [3.05, 3.63) is 0 Å². The third-order valence-electron chi connectivity index (χ3n) is 1.03. The summed E-state index contributed by atoms with van der Waals surface area (Å²) in [7, 11) is 0. The van der Waals surface area contributed by atoms with E-state index in [1.54, 1.807) is 0 Å². The first kappa shape index (κ1) is 10.3. The Kier molecular flexibility index (Phi) is 5.11. The van der Waals surface area contributed by atoms with Crippen molar-refractivity contribution >= 4 is 44.2 Å². The average molecular weight is 268 g/mol. The average Bonchev–Trinajstić information content (AvgIpc) is 1.82. The molecule has 0 bridgehead atoms. The first-order chi connectivity index (χ1) is 4.54. The molecule has 3 atom stereocenters. The van der Waals surface area contributed by atoms with Gasteiger partial charge in [0.15, 0.2) is 0 Å². The topological polar surface area (TPSA) is 54.4 Å². The van der Waals surface area contributed by atoms with E-state index in [9.17, 15) is 9.59 Å². The number of carbonyl (C=O) groups is 2. The van der Waals surface area contributed by atoms with E-state index < -0.39 is 5.97 Å². The van der Waals surface area contributed by atoms with Crippen LogP contribution in [0.5, 0.6) is 0 Å². The molecule has 0 rings (SSSR count). The van der Waals surface area contributed by atoms with Gasteiger partial charge in [-0.2, -0.15) is 0 Å². The van der Waals surface area contributed by atoms with Crippen LogP contribution in [0.3, 0.4) is 0 Å². The summed E-state index contributed by atoms with van der Waals surface area (Å²) in [5, 5.41) is 8.24. The maximum atomic E-state index is 10.6. The van der Waals surface area contributed by atoms with E-state index in [0.29, 0.717) is 6.42 Å². The van der Waals surface area contributed by atoms with E-state index in [0.717, 1.165) is 16.9 Å². The summed E-state index contributed by atoms with van der Waals surface area (Å²) in [6.07, 6.45) is 0.602. The molecule has 0 saturated heterocycles. The van der Waals surface area contributed by atoms with E-state index in [1.165, 1.54) is 16.9 Å². The van der Waals surface area contributed by atoms with Crippen LogP contribution in [0.2, 0.25) is 4.71 Å². The fourth-order valence-electron chi connectivity index (χ4n) is 0.421. The van der Waals surface area contributed by atoms with Crippen LogP contribution in [0.1, 0.15) is 12.8 Å². The Bertz CT molecular complexity index is 146. The second-order valence-electron chi connectivity index (χ2n) is 1.94. The molecule has 0 aromatic carbocycles. The molecular formula is C5H10As2O3. The van der Waals surface area contributed by atoms with Crippen LogP contribution in [-0.2, 0) is 9.59 Å². The number of carboxylic acid groups (broad SMARTS) is 1. The first-order valence-corrected chi connectivity index (χ1v) is 5.41. The molecule has 0 heterocycles. The van der Waals surface area contributed by atoms with Gasteiger partial charge in [-0.3, -0.25) is 0 Å². The van der Waals surface area contributed by atoms with Gasteiger partial charge >= 0.3 is 76.5 Å². The minimum absolute atomic E-state index is 0.0244. The van der Waals surface area contributed by atoms with Gasteiger partial charge in [0.2, 0.25) is 0 Å². The molecule has 0 amide bonds. The van der Waals surface area contributed by atoms with Crippen LogP contribution in [0.25, 0.3) is 0 Å². The van der Waals surface area contributed by atoms with Gasteiger partial charge in [0.1, 0.15) is 0 Å². The number of aliphatic carboxylic acids is 1. The fourth-order valence-corrected chi connectivity index (χ4v) is 1.12. The quantitative estimate of drug-likeness (QED) is 0.627. The van der Waals surface area contributed by atoms with E-state index in [1.807, 2.05) is 0 Å². The van der Waals surface area contributed by atoms with Crippen molar-refractivity contribution in [2.24, 2.45) is 0 Å². The zero-order chi connectivity index (χ0) is 8.15. The zero-order valence-corrected chi connectivity index (χ0v) is 10.3. The number of rotatable bonds is 4. The Hall–Kier alpha value is 0.257. The molecule has 0 aliphatic carbocycles. The van der Waals surface area contributed by atoms with Crippen LogP contribution in [0.15, 0.2) is 0 Å². The molecule has 0 aromatic rings. The monoisotopic (exact) mass is 268 g/mol. The molecule has 0 spiro atoms. The standard InChI is InChI=1S/C5H10As2O3/c6-3(5(7)10)1-2-4(8)9/h3H,1-2,6-7H2,(H,8,9)/t3-/m0/s1. The van der Waals surface area contributed by atoms with Gasteiger partial charge in [0, 0.05) is 0 Å². The van der Waals surface area contributed by atoms with Crippen molar-refractivity contribution in [1.82, 2.24) is 0 Å². The molecule has 0 radical (unpaired) electrons. The summed E-state index contributed by atoms with van der Waals surface area (Å²) in [5.41, 5.74) is 0. The predicted molar refractivity (Wildman–Crippen MR) is 42.7 cm³/mol. The Labute approximate surface area is 76.6 Å². The van der Waals surface area contributed by atoms with Gasteiger partial charge < -0.3 is 0 Å². The molecule has 10 heavy (non-hydrogen) atoms. The number of carboxylic acids is 1. The Morgan fingerprint density at radius 2 is 2.00 bits per heavy atom. The molecular weight excluding hydrogens is 258 g/mol. The number of hydrogen-bond acceptors (Lipinski definition) is 2. The third kappa shape index (κ3) is 5.07. The normalized spacial score (nSPS) is 12.6. The van der Waals surface area contributed by atoms with Crippen molar-refractivity contribution in [3.8, 4) is 0 Å². The fraction of sp³-hybridized carbons (Fsp3) is 0.600. The maximum absolute atomic E-state index is 10.6. The van der Waals surface area contributed by atoms with Gasteiger partial charge in [0.05, 0.1) is 0 Å². The zero-order valence-electron chi connectivity index (χ0n) is 5.41. The van der Waals surface area contributed by atoms with Crippen LogP contribution < -0.4 is 0 Å².